The first-order valence-corrected chi connectivity index (χ1v) is 38.5. The van der Waals surface area contributed by atoms with E-state index in [-0.39, 0.29) is 131 Å². The van der Waals surface area contributed by atoms with Gasteiger partial charge in [0.15, 0.2) is 46.0 Å². The fourth-order valence-electron chi connectivity index (χ4n) is 15.2. The lowest BCUT2D eigenvalue weighted by molar-refractivity contribution is -0.161. The number of hydrogen-bond donors (Lipinski definition) is 4. The van der Waals surface area contributed by atoms with Gasteiger partial charge in [-0.3, -0.25) is 38.8 Å². The molecule has 4 aromatic rings. The molecule has 0 aromatic heterocycles. The Morgan fingerprint density at radius 1 is 0.383 bits per heavy atom. The third-order valence-corrected chi connectivity index (χ3v) is 20.8. The van der Waals surface area contributed by atoms with Crippen LogP contribution in [0.15, 0.2) is 48.4 Å². The highest BCUT2D eigenvalue weighted by Crippen LogP contribution is 2.50. The molecular weight excluding hydrogens is 1520 g/mol. The van der Waals surface area contributed by atoms with Crippen LogP contribution in [0.1, 0.15) is 315 Å². The molecule has 0 bridgehead atoms. The van der Waals surface area contributed by atoms with Gasteiger partial charge in [0.25, 0.3) is 0 Å². The Morgan fingerprint density at radius 3 is 1.00 bits per heavy atom. The Hall–Kier alpha value is -7.16. The van der Waals surface area contributed by atoms with Crippen LogP contribution in [-0.2, 0) is 63.6 Å². The standard InChI is InChI=1S/4C24H38N2O4/c4*1-14(2)9-17-13-26-8-7-16-10-21(28-5)22(29-6)11-18(16)19(26)12-20(17)30-24(27)23(25)15(3)4/h4*10-11,14-15,17,19-20,23H,7-9,12-13,25H2,1-6H3/t4*17?,19?,20?,23-/m0000/s1/i3D3,4D3,5D3,7D2,8D2,15D,19D,20D,23D;3D3,4D3,5D3,7D2,8D2,10D,11D,15D,23D;3D3,4D3,7D2,8D2,15D,19D,20D,23D;3D3,4D3,7D2,8D2,10D,11D,15D,23D. The summed E-state index contributed by atoms with van der Waals surface area (Å²) in [6.07, 6.45) is -21.4. The van der Waals surface area contributed by atoms with E-state index >= 15 is 0 Å². The van der Waals surface area contributed by atoms with Crippen molar-refractivity contribution in [3.8, 4) is 46.0 Å². The van der Waals surface area contributed by atoms with E-state index in [2.05, 4.69) is 0 Å². The summed E-state index contributed by atoms with van der Waals surface area (Å²) in [6.45, 7) is -29.2. The molecule has 8 aliphatic heterocycles. The number of carbonyl (C=O) groups is 4. The molecule has 24 heteroatoms. The molecule has 16 atom stereocenters. The average molecular weight is 1740 g/mol. The predicted octanol–water partition coefficient (Wildman–Crippen LogP) is 14.3. The maximum Gasteiger partial charge on any atom is 0.323 e. The molecule has 12 rings (SSSR count). The zero-order valence-corrected chi connectivity index (χ0v) is 69.4. The van der Waals surface area contributed by atoms with Crippen LogP contribution in [0.2, 0.25) is 0 Å². The molecule has 8 aliphatic rings. The second-order valence-electron chi connectivity index (χ2n) is 30.9. The van der Waals surface area contributed by atoms with Crippen molar-refractivity contribution >= 4 is 23.9 Å². The lowest BCUT2D eigenvalue weighted by atomic mass is 9.79. The Morgan fingerprint density at radius 2 is 0.667 bits per heavy atom. The monoisotopic (exact) mass is 1740 g/mol. The first kappa shape index (κ1) is 42.2. The first-order valence-electron chi connectivity index (χ1n) is 69.5. The first-order chi connectivity index (χ1) is 81.0. The van der Waals surface area contributed by atoms with Gasteiger partial charge < -0.3 is 79.8 Å². The SMILES string of the molecule is [2H]C([2H])([2H])Oc1cc2c(cc1OC)C1([2H])CC([2H])(OC(=O)[C@@]([2H])(N)C([2H])(C([2H])([2H])[2H])C([2H])([2H])[2H])C(CC(C)C)CN1C([2H])([2H])C2([2H])[2H].[2H]C1(OC(=O)[C@@]([2H])(N)C([2H])(C([2H])([2H])[2H])C([2H])([2H])[2H])CC2([2H])c3cc(OC)c(OC)cc3C([2H])([2H])C([2H])([2H])N2CC1CC(C)C.[2H]c1c(OC)c(OC([2H])([2H])[2H])c([2H])c2c1C1CC(OC(=O)[C@@]([2H])(N)C([2H])(C([2H])([2H])[2H])C([2H])([2H])[2H])C(CC(C)C)CN1C([2H])([2H])C2([2H])[2H].[2H]c1c(OC)c(OC)c([2H])c2c1C1CC(OC(=O)[C@@]([2H])(N)C([2H])(C([2H])([2H])[2H])C([2H])([2H])[2H])C(CC(C)C)CN1C([2H])([2H])C2([2H])[2H]. The van der Waals surface area contributed by atoms with Crippen molar-refractivity contribution in [1.29, 1.82) is 0 Å². The lowest BCUT2D eigenvalue weighted by Gasteiger charge is -2.47. The largest absolute Gasteiger partial charge is 0.493 e. The molecule has 4 fully saturated rings. The topological polar surface area (TPSA) is 296 Å². The molecule has 4 saturated heterocycles. The third kappa shape index (κ3) is 23.8. The van der Waals surface area contributed by atoms with Gasteiger partial charge >= 0.3 is 23.9 Å². The number of rotatable bonds is 28. The number of ether oxygens (including phenoxy) is 12. The number of piperidine rings is 4. The van der Waals surface area contributed by atoms with Crippen molar-refractivity contribution in [2.75, 3.05) is 109 Å². The molecule has 120 heavy (non-hydrogen) atoms. The fourth-order valence-corrected chi connectivity index (χ4v) is 15.2. The second kappa shape index (κ2) is 43.9. The Kier molecular flexibility index (Phi) is 15.5. The number of nitrogens with two attached hydrogens (primary N) is 4. The van der Waals surface area contributed by atoms with Crippen LogP contribution < -0.4 is 60.8 Å². The van der Waals surface area contributed by atoms with Crippen LogP contribution in [0, 0.1) is 70.9 Å². The smallest absolute Gasteiger partial charge is 0.323 e. The maximum absolute atomic E-state index is 13.6. The van der Waals surface area contributed by atoms with Crippen molar-refractivity contribution in [2.24, 2.45) is 93.9 Å². The van der Waals surface area contributed by atoms with Crippen molar-refractivity contribution < 1.29 is 161 Å². The summed E-state index contributed by atoms with van der Waals surface area (Å²) >= 11 is 0. The molecule has 672 valence electrons. The Labute approximate surface area is 805 Å². The van der Waals surface area contributed by atoms with Crippen LogP contribution in [0.3, 0.4) is 0 Å². The quantitative estimate of drug-likeness (QED) is 0.0303. The lowest BCUT2D eigenvalue weighted by Crippen LogP contribution is -2.51. The van der Waals surface area contributed by atoms with Gasteiger partial charge in [-0.25, -0.2) is 0 Å². The Balaban J connectivity index is 0.000000265. The van der Waals surface area contributed by atoms with Crippen LogP contribution in [0.4, 0.5) is 0 Å². The van der Waals surface area contributed by atoms with Crippen LogP contribution in [0.5, 0.6) is 46.0 Å². The maximum atomic E-state index is 13.6. The summed E-state index contributed by atoms with van der Waals surface area (Å²) in [5.41, 5.74) is 20.1. The van der Waals surface area contributed by atoms with Crippen LogP contribution >= 0.6 is 0 Å². The molecule has 4 aromatic carbocycles. The van der Waals surface area contributed by atoms with Gasteiger partial charge in [0.2, 0.25) is 0 Å². The van der Waals surface area contributed by atoms with E-state index in [0.717, 1.165) is 41.1 Å². The summed E-state index contributed by atoms with van der Waals surface area (Å²) in [5, 5.41) is 0. The highest BCUT2D eigenvalue weighted by atomic mass is 16.6. The molecule has 8 N–H and O–H groups in total. The molecule has 24 nitrogen and oxygen atoms in total. The minimum absolute atomic E-state index is 0.00981. The number of esters is 4. The number of carbonyl (C=O) groups excluding carboxylic acids is 4. The molecule has 0 spiro atoms. The van der Waals surface area contributed by atoms with Crippen LogP contribution in [-0.4, -0.2) is 201 Å². The molecule has 0 saturated carbocycles. The molecule has 0 amide bonds. The molecule has 12 unspecified atom stereocenters. The zero-order chi connectivity index (χ0) is 142. The number of benzene rings is 4. The summed E-state index contributed by atoms with van der Waals surface area (Å²) in [6, 6.07) is -20.2. The van der Waals surface area contributed by atoms with E-state index in [1.165, 1.54) is 45.5 Å². The minimum atomic E-state index is -3.94. The predicted molar refractivity (Wildman–Crippen MR) is 471 cm³/mol. The van der Waals surface area contributed by atoms with E-state index in [9.17, 15) is 24.7 Å². The van der Waals surface area contributed by atoms with E-state index in [0.29, 0.717) is 0 Å². The number of aryl methyl sites for hydroxylation is 2. The highest BCUT2D eigenvalue weighted by molar-refractivity contribution is 5.77. The second-order valence-corrected chi connectivity index (χ2v) is 30.9. The van der Waals surface area contributed by atoms with Crippen molar-refractivity contribution in [3.05, 3.63) is 92.9 Å². The summed E-state index contributed by atoms with van der Waals surface area (Å²) in [4.78, 5) is 58.0. The fraction of sp³-hybridized carbons (Fsp3) is 0.708. The zero-order valence-electron chi connectivity index (χ0n) is 131. The number of fused-ring (bicyclic) bond motifs is 12. The van der Waals surface area contributed by atoms with Crippen molar-refractivity contribution in [1.82, 2.24) is 19.6 Å². The average Bonchev–Trinajstić information content (AvgIpc) is 0.852. The molecule has 0 radical (unpaired) electrons. The van der Waals surface area contributed by atoms with Gasteiger partial charge in [-0.1, -0.05) is 110 Å². The molecular formula is C96H152N8O16. The number of hydrogen-bond acceptors (Lipinski definition) is 24. The summed E-state index contributed by atoms with van der Waals surface area (Å²) in [7, 11) is 0.992. The third-order valence-electron chi connectivity index (χ3n) is 20.8. The Bertz CT molecular complexity index is 6860. The van der Waals surface area contributed by atoms with E-state index < -0.39 is 348 Å². The van der Waals surface area contributed by atoms with E-state index in [4.69, 9.17) is 159 Å². The van der Waals surface area contributed by atoms with Gasteiger partial charge in [0, 0.05) is 186 Å². The van der Waals surface area contributed by atoms with Gasteiger partial charge in [-0.15, -0.1) is 0 Å². The van der Waals surface area contributed by atoms with E-state index in [1.54, 1.807) is 41.5 Å². The molecule has 0 aliphatic carbocycles. The van der Waals surface area contributed by atoms with Gasteiger partial charge in [0.1, 0.15) is 48.4 Å². The number of methoxy groups -OCH3 is 8. The van der Waals surface area contributed by atoms with Crippen molar-refractivity contribution in [2.45, 2.75) is 260 Å². The molecule has 8 heterocycles. The normalized spacial score (nSPS) is 40.8. The van der Waals surface area contributed by atoms with Gasteiger partial charge in [-0.05, 0) is 191 Å². The van der Waals surface area contributed by atoms with Crippen LogP contribution in [0.25, 0.3) is 0 Å². The van der Waals surface area contributed by atoms with E-state index in [1.807, 2.05) is 13.8 Å². The summed E-state index contributed by atoms with van der Waals surface area (Å²) in [5.74, 6) is -30.4. The highest BCUT2D eigenvalue weighted by Gasteiger charge is 2.47. The minimum Gasteiger partial charge on any atom is -0.493 e. The number of nitrogens with zero attached hydrogens (tertiary/aromatic N) is 4. The van der Waals surface area contributed by atoms with Gasteiger partial charge in [-0.2, -0.15) is 0 Å². The van der Waals surface area contributed by atoms with Crippen molar-refractivity contribution in [3.63, 3.8) is 0 Å². The van der Waals surface area contributed by atoms with Gasteiger partial charge in [0.05, 0.1) is 81.4 Å². The summed E-state index contributed by atoms with van der Waals surface area (Å²) < 4.78 is 574.